The average molecular weight is 310 g/mol. The van der Waals surface area contributed by atoms with Crippen LogP contribution < -0.4 is 5.32 Å². The maximum absolute atomic E-state index is 6.04. The van der Waals surface area contributed by atoms with E-state index >= 15 is 0 Å². The zero-order valence-corrected chi connectivity index (χ0v) is 13.7. The highest BCUT2D eigenvalue weighted by Crippen LogP contribution is 2.27. The standard InChI is InChI=1S/C15H20ClN3S/c1-10(2)9-17-7-6-14-18-19-15(20-14)12-4-5-13(16)11(3)8-12/h4-5,8,10,17H,6-7,9H2,1-3H3. The van der Waals surface area contributed by atoms with Gasteiger partial charge in [-0.25, -0.2) is 0 Å². The summed E-state index contributed by atoms with van der Waals surface area (Å²) in [5.74, 6) is 0.678. The smallest absolute Gasteiger partial charge is 0.147 e. The molecule has 108 valence electrons. The van der Waals surface area contributed by atoms with Crippen molar-refractivity contribution in [2.75, 3.05) is 13.1 Å². The molecule has 2 aromatic rings. The van der Waals surface area contributed by atoms with Gasteiger partial charge in [0.2, 0.25) is 0 Å². The van der Waals surface area contributed by atoms with Crippen LogP contribution >= 0.6 is 22.9 Å². The van der Waals surface area contributed by atoms with Crippen molar-refractivity contribution in [3.63, 3.8) is 0 Å². The van der Waals surface area contributed by atoms with E-state index in [1.165, 1.54) is 0 Å². The molecule has 3 nitrogen and oxygen atoms in total. The van der Waals surface area contributed by atoms with Gasteiger partial charge in [-0.15, -0.1) is 10.2 Å². The van der Waals surface area contributed by atoms with Crippen molar-refractivity contribution in [1.29, 1.82) is 0 Å². The van der Waals surface area contributed by atoms with Gasteiger partial charge in [0.05, 0.1) is 0 Å². The second kappa shape index (κ2) is 7.16. The van der Waals surface area contributed by atoms with Gasteiger partial charge < -0.3 is 5.32 Å². The minimum absolute atomic E-state index is 0.678. The summed E-state index contributed by atoms with van der Waals surface area (Å²) in [6.07, 6.45) is 0.928. The summed E-state index contributed by atoms with van der Waals surface area (Å²) in [5.41, 5.74) is 2.16. The lowest BCUT2D eigenvalue weighted by atomic mass is 10.1. The normalized spacial score (nSPS) is 11.2. The van der Waals surface area contributed by atoms with Crippen LogP contribution in [-0.2, 0) is 6.42 Å². The minimum Gasteiger partial charge on any atom is -0.316 e. The summed E-state index contributed by atoms with van der Waals surface area (Å²) < 4.78 is 0. The van der Waals surface area contributed by atoms with Crippen LogP contribution in [-0.4, -0.2) is 23.3 Å². The molecule has 0 spiro atoms. The molecule has 1 aromatic heterocycles. The third-order valence-electron chi connectivity index (χ3n) is 2.94. The monoisotopic (exact) mass is 309 g/mol. The molecule has 0 fully saturated rings. The molecule has 0 aliphatic carbocycles. The molecule has 5 heteroatoms. The summed E-state index contributed by atoms with van der Waals surface area (Å²) in [6.45, 7) is 8.41. The molecule has 0 aliphatic rings. The van der Waals surface area contributed by atoms with E-state index in [1.807, 2.05) is 19.1 Å². The van der Waals surface area contributed by atoms with Crippen molar-refractivity contribution in [3.8, 4) is 10.6 Å². The molecule has 0 saturated heterocycles. The molecule has 1 N–H and O–H groups in total. The van der Waals surface area contributed by atoms with E-state index in [9.17, 15) is 0 Å². The zero-order valence-electron chi connectivity index (χ0n) is 12.1. The van der Waals surface area contributed by atoms with Crippen LogP contribution in [0.3, 0.4) is 0 Å². The number of aromatic nitrogens is 2. The van der Waals surface area contributed by atoms with Gasteiger partial charge in [-0.05, 0) is 37.1 Å². The van der Waals surface area contributed by atoms with Crippen LogP contribution in [0.15, 0.2) is 18.2 Å². The van der Waals surface area contributed by atoms with Crippen LogP contribution in [0.1, 0.15) is 24.4 Å². The second-order valence-corrected chi connectivity index (χ2v) is 6.78. The fourth-order valence-corrected chi connectivity index (χ4v) is 2.79. The molecule has 0 aliphatic heterocycles. The summed E-state index contributed by atoms with van der Waals surface area (Å²) in [5, 5.41) is 14.8. The summed E-state index contributed by atoms with van der Waals surface area (Å²) in [6, 6.07) is 5.97. The van der Waals surface area contributed by atoms with Crippen molar-refractivity contribution in [2.45, 2.75) is 27.2 Å². The van der Waals surface area contributed by atoms with Gasteiger partial charge in [-0.2, -0.15) is 0 Å². The first-order chi connectivity index (χ1) is 9.56. The number of hydrogen-bond donors (Lipinski definition) is 1. The highest BCUT2D eigenvalue weighted by atomic mass is 35.5. The Morgan fingerprint density at radius 1 is 1.30 bits per heavy atom. The minimum atomic E-state index is 0.678. The highest BCUT2D eigenvalue weighted by molar-refractivity contribution is 7.14. The number of aryl methyl sites for hydroxylation is 1. The lowest BCUT2D eigenvalue weighted by molar-refractivity contribution is 0.553. The van der Waals surface area contributed by atoms with E-state index in [2.05, 4.69) is 35.4 Å². The van der Waals surface area contributed by atoms with Crippen molar-refractivity contribution < 1.29 is 0 Å². The Balaban J connectivity index is 1.96. The Kier molecular flexibility index (Phi) is 5.52. The van der Waals surface area contributed by atoms with E-state index in [1.54, 1.807) is 11.3 Å². The largest absolute Gasteiger partial charge is 0.316 e. The highest BCUT2D eigenvalue weighted by Gasteiger charge is 2.08. The average Bonchev–Trinajstić information content (AvgIpc) is 2.86. The van der Waals surface area contributed by atoms with E-state index in [0.717, 1.165) is 45.7 Å². The molecular formula is C15H20ClN3S. The van der Waals surface area contributed by atoms with E-state index in [-0.39, 0.29) is 0 Å². The van der Waals surface area contributed by atoms with Gasteiger partial charge in [0.1, 0.15) is 10.0 Å². The molecule has 1 heterocycles. The second-order valence-electron chi connectivity index (χ2n) is 5.31. The van der Waals surface area contributed by atoms with E-state index in [0.29, 0.717) is 5.92 Å². The van der Waals surface area contributed by atoms with Crippen LogP contribution in [0.4, 0.5) is 0 Å². The van der Waals surface area contributed by atoms with Crippen molar-refractivity contribution >= 4 is 22.9 Å². The summed E-state index contributed by atoms with van der Waals surface area (Å²) >= 11 is 7.70. The predicted octanol–water partition coefficient (Wildman–Crippen LogP) is 3.96. The zero-order chi connectivity index (χ0) is 14.5. The Morgan fingerprint density at radius 3 is 2.80 bits per heavy atom. The first-order valence-corrected chi connectivity index (χ1v) is 8.05. The van der Waals surface area contributed by atoms with E-state index < -0.39 is 0 Å². The number of nitrogens with one attached hydrogen (secondary N) is 1. The number of rotatable bonds is 6. The molecule has 0 saturated carbocycles. The Hall–Kier alpha value is -0.970. The summed E-state index contributed by atoms with van der Waals surface area (Å²) in [4.78, 5) is 0. The maximum atomic E-state index is 6.04. The van der Waals surface area contributed by atoms with Crippen molar-refractivity contribution in [2.24, 2.45) is 5.92 Å². The molecule has 0 atom stereocenters. The fraction of sp³-hybridized carbons (Fsp3) is 0.467. The molecule has 20 heavy (non-hydrogen) atoms. The third-order valence-corrected chi connectivity index (χ3v) is 4.40. The van der Waals surface area contributed by atoms with Crippen LogP contribution in [0.25, 0.3) is 10.6 Å². The van der Waals surface area contributed by atoms with Crippen LogP contribution in [0, 0.1) is 12.8 Å². The first-order valence-electron chi connectivity index (χ1n) is 6.86. The molecule has 1 aromatic carbocycles. The van der Waals surface area contributed by atoms with Crippen molar-refractivity contribution in [3.05, 3.63) is 33.8 Å². The Labute approximate surface area is 129 Å². The summed E-state index contributed by atoms with van der Waals surface area (Å²) in [7, 11) is 0. The molecule has 0 radical (unpaired) electrons. The van der Waals surface area contributed by atoms with Gasteiger partial charge in [-0.3, -0.25) is 0 Å². The molecule has 2 rings (SSSR count). The SMILES string of the molecule is Cc1cc(-c2nnc(CCNCC(C)C)s2)ccc1Cl. The van der Waals surface area contributed by atoms with Gasteiger partial charge in [-0.1, -0.05) is 42.9 Å². The fourth-order valence-electron chi connectivity index (χ4n) is 1.84. The predicted molar refractivity (Wildman–Crippen MR) is 86.5 cm³/mol. The van der Waals surface area contributed by atoms with E-state index in [4.69, 9.17) is 11.6 Å². The molecular weight excluding hydrogens is 290 g/mol. The maximum Gasteiger partial charge on any atom is 0.147 e. The first kappa shape index (κ1) is 15.4. The molecule has 0 amide bonds. The number of hydrogen-bond acceptors (Lipinski definition) is 4. The van der Waals surface area contributed by atoms with Crippen LogP contribution in [0.5, 0.6) is 0 Å². The Morgan fingerprint density at radius 2 is 2.10 bits per heavy atom. The molecule has 0 unspecified atom stereocenters. The quantitative estimate of drug-likeness (QED) is 0.821. The lowest BCUT2D eigenvalue weighted by Gasteiger charge is -2.05. The van der Waals surface area contributed by atoms with Crippen LogP contribution in [0.2, 0.25) is 5.02 Å². The lowest BCUT2D eigenvalue weighted by Crippen LogP contribution is -2.22. The topological polar surface area (TPSA) is 37.8 Å². The molecule has 0 bridgehead atoms. The van der Waals surface area contributed by atoms with Gasteiger partial charge in [0.25, 0.3) is 0 Å². The van der Waals surface area contributed by atoms with Gasteiger partial charge >= 0.3 is 0 Å². The number of halogens is 1. The Bertz CT molecular complexity index is 566. The third kappa shape index (κ3) is 4.27. The number of nitrogens with zero attached hydrogens (tertiary/aromatic N) is 2. The van der Waals surface area contributed by atoms with Gasteiger partial charge in [0.15, 0.2) is 0 Å². The number of benzene rings is 1. The van der Waals surface area contributed by atoms with Crippen molar-refractivity contribution in [1.82, 2.24) is 15.5 Å². The van der Waals surface area contributed by atoms with Gasteiger partial charge in [0, 0.05) is 23.6 Å².